The number of aromatic nitrogens is 4. The molecule has 0 aliphatic heterocycles. The SMILES string of the molecule is Cc1nc(O)n2nc(CCC(C)(F)F)cc2n1. The predicted molar refractivity (Wildman–Crippen MR) is 56.1 cm³/mol. The second-order valence-corrected chi connectivity index (χ2v) is 4.05. The highest BCUT2D eigenvalue weighted by Gasteiger charge is 2.21. The molecule has 92 valence electrons. The number of rotatable bonds is 3. The van der Waals surface area contributed by atoms with Crippen molar-refractivity contribution in [1.29, 1.82) is 0 Å². The fraction of sp³-hybridized carbons (Fsp3) is 0.500. The van der Waals surface area contributed by atoms with Crippen LogP contribution >= 0.6 is 0 Å². The fourth-order valence-corrected chi connectivity index (χ4v) is 1.50. The van der Waals surface area contributed by atoms with Crippen LogP contribution in [0.25, 0.3) is 5.65 Å². The molecular formula is C10H12F2N4O. The number of hydrogen-bond donors (Lipinski definition) is 1. The molecule has 0 atom stereocenters. The summed E-state index contributed by atoms with van der Waals surface area (Å²) in [4.78, 5) is 7.76. The van der Waals surface area contributed by atoms with Gasteiger partial charge in [-0.3, -0.25) is 0 Å². The Morgan fingerprint density at radius 2 is 2.12 bits per heavy atom. The van der Waals surface area contributed by atoms with Crippen molar-refractivity contribution in [3.8, 4) is 6.01 Å². The summed E-state index contributed by atoms with van der Waals surface area (Å²) in [5.41, 5.74) is 0.867. The lowest BCUT2D eigenvalue weighted by Gasteiger charge is -2.07. The zero-order valence-corrected chi connectivity index (χ0v) is 9.48. The topological polar surface area (TPSA) is 63.3 Å². The average Bonchev–Trinajstić information content (AvgIpc) is 2.56. The summed E-state index contributed by atoms with van der Waals surface area (Å²) in [7, 11) is 0. The lowest BCUT2D eigenvalue weighted by molar-refractivity contribution is 0.0130. The van der Waals surface area contributed by atoms with E-state index < -0.39 is 5.92 Å². The largest absolute Gasteiger partial charge is 0.479 e. The normalized spacial score (nSPS) is 12.2. The molecule has 17 heavy (non-hydrogen) atoms. The molecule has 0 saturated heterocycles. The minimum absolute atomic E-state index is 0.130. The summed E-state index contributed by atoms with van der Waals surface area (Å²) >= 11 is 0. The van der Waals surface area contributed by atoms with Gasteiger partial charge in [0.25, 0.3) is 0 Å². The van der Waals surface area contributed by atoms with Crippen LogP contribution in [0.5, 0.6) is 6.01 Å². The Morgan fingerprint density at radius 3 is 2.76 bits per heavy atom. The molecule has 2 rings (SSSR count). The highest BCUT2D eigenvalue weighted by atomic mass is 19.3. The van der Waals surface area contributed by atoms with E-state index in [0.717, 1.165) is 11.4 Å². The first-order chi connectivity index (χ1) is 7.85. The van der Waals surface area contributed by atoms with Crippen LogP contribution < -0.4 is 0 Å². The van der Waals surface area contributed by atoms with Gasteiger partial charge in [-0.2, -0.15) is 14.6 Å². The van der Waals surface area contributed by atoms with Crippen molar-refractivity contribution >= 4 is 5.65 Å². The highest BCUT2D eigenvalue weighted by Crippen LogP contribution is 2.20. The Morgan fingerprint density at radius 1 is 1.41 bits per heavy atom. The van der Waals surface area contributed by atoms with E-state index in [-0.39, 0.29) is 18.9 Å². The van der Waals surface area contributed by atoms with E-state index in [0.29, 0.717) is 17.2 Å². The number of hydrogen-bond acceptors (Lipinski definition) is 4. The van der Waals surface area contributed by atoms with Crippen LogP contribution in [0.2, 0.25) is 0 Å². The Hall–Kier alpha value is -1.79. The first kappa shape index (κ1) is 11.7. The van der Waals surface area contributed by atoms with Gasteiger partial charge < -0.3 is 5.11 Å². The van der Waals surface area contributed by atoms with E-state index in [2.05, 4.69) is 15.1 Å². The van der Waals surface area contributed by atoms with E-state index in [1.54, 1.807) is 13.0 Å². The number of fused-ring (bicyclic) bond motifs is 1. The molecule has 0 radical (unpaired) electrons. The Balaban J connectivity index is 2.29. The van der Waals surface area contributed by atoms with Gasteiger partial charge in [-0.1, -0.05) is 0 Å². The Bertz CT molecular complexity index is 547. The molecule has 7 heteroatoms. The first-order valence-electron chi connectivity index (χ1n) is 5.15. The monoisotopic (exact) mass is 242 g/mol. The number of aromatic hydroxyl groups is 1. The molecule has 0 aliphatic rings. The van der Waals surface area contributed by atoms with Gasteiger partial charge in [-0.05, 0) is 20.3 Å². The third kappa shape index (κ3) is 2.66. The smallest absolute Gasteiger partial charge is 0.318 e. The van der Waals surface area contributed by atoms with E-state index >= 15 is 0 Å². The standard InChI is InChI=1S/C10H12F2N4O/c1-6-13-8-5-7(3-4-10(2,11)12)15-16(8)9(17)14-6/h5H,3-4H2,1-2H3,(H,13,14,17). The minimum atomic E-state index is -2.72. The van der Waals surface area contributed by atoms with Gasteiger partial charge in [0, 0.05) is 12.5 Å². The molecule has 0 aliphatic carbocycles. The molecule has 5 nitrogen and oxygen atoms in total. The van der Waals surface area contributed by atoms with Crippen molar-refractivity contribution in [3.63, 3.8) is 0 Å². The van der Waals surface area contributed by atoms with Gasteiger partial charge in [0.05, 0.1) is 5.69 Å². The molecular weight excluding hydrogens is 230 g/mol. The minimum Gasteiger partial charge on any atom is -0.479 e. The van der Waals surface area contributed by atoms with Crippen LogP contribution in [0.3, 0.4) is 0 Å². The van der Waals surface area contributed by atoms with E-state index in [4.69, 9.17) is 0 Å². The van der Waals surface area contributed by atoms with Crippen molar-refractivity contribution in [2.75, 3.05) is 0 Å². The van der Waals surface area contributed by atoms with E-state index in [1.807, 2.05) is 0 Å². The van der Waals surface area contributed by atoms with Crippen molar-refractivity contribution in [3.05, 3.63) is 17.6 Å². The van der Waals surface area contributed by atoms with E-state index in [1.165, 1.54) is 0 Å². The molecule has 0 unspecified atom stereocenters. The maximum atomic E-state index is 12.7. The molecule has 0 aromatic carbocycles. The second kappa shape index (κ2) is 3.90. The lowest BCUT2D eigenvalue weighted by Crippen LogP contribution is -2.10. The van der Waals surface area contributed by atoms with Crippen molar-refractivity contribution in [1.82, 2.24) is 19.6 Å². The maximum Gasteiger partial charge on any atom is 0.318 e. The van der Waals surface area contributed by atoms with Crippen LogP contribution in [-0.4, -0.2) is 30.6 Å². The molecule has 2 aromatic heterocycles. The summed E-state index contributed by atoms with van der Waals surface area (Å²) in [6.07, 6.45) is -0.157. The molecule has 0 bridgehead atoms. The summed E-state index contributed by atoms with van der Waals surface area (Å²) in [5, 5.41) is 13.5. The van der Waals surface area contributed by atoms with Crippen molar-refractivity contribution in [2.24, 2.45) is 0 Å². The van der Waals surface area contributed by atoms with Gasteiger partial charge in [0.1, 0.15) is 5.82 Å². The average molecular weight is 242 g/mol. The molecule has 2 aromatic rings. The number of nitrogens with zero attached hydrogens (tertiary/aromatic N) is 4. The summed E-state index contributed by atoms with van der Waals surface area (Å²) in [6.45, 7) is 2.50. The van der Waals surface area contributed by atoms with Crippen LogP contribution in [-0.2, 0) is 6.42 Å². The molecule has 1 N–H and O–H groups in total. The number of halogens is 2. The molecule has 0 fully saturated rings. The van der Waals surface area contributed by atoms with Gasteiger partial charge in [0.15, 0.2) is 5.65 Å². The fourth-order valence-electron chi connectivity index (χ4n) is 1.50. The van der Waals surface area contributed by atoms with Crippen LogP contribution in [0, 0.1) is 6.92 Å². The van der Waals surface area contributed by atoms with Crippen molar-refractivity contribution in [2.45, 2.75) is 32.6 Å². The lowest BCUT2D eigenvalue weighted by atomic mass is 10.1. The molecule has 0 saturated carbocycles. The van der Waals surface area contributed by atoms with Crippen molar-refractivity contribution < 1.29 is 13.9 Å². The molecule has 0 spiro atoms. The van der Waals surface area contributed by atoms with Crippen LogP contribution in [0.15, 0.2) is 6.07 Å². The summed E-state index contributed by atoms with van der Waals surface area (Å²) in [6, 6.07) is 1.28. The van der Waals surface area contributed by atoms with Gasteiger partial charge in [-0.15, -0.1) is 0 Å². The number of aryl methyl sites for hydroxylation is 2. The van der Waals surface area contributed by atoms with Gasteiger partial charge in [0.2, 0.25) is 5.92 Å². The Labute approximate surface area is 96.1 Å². The van der Waals surface area contributed by atoms with Crippen LogP contribution in [0.4, 0.5) is 8.78 Å². The van der Waals surface area contributed by atoms with E-state index in [9.17, 15) is 13.9 Å². The molecule has 0 amide bonds. The molecule has 2 heterocycles. The maximum absolute atomic E-state index is 12.7. The number of alkyl halides is 2. The quantitative estimate of drug-likeness (QED) is 0.890. The van der Waals surface area contributed by atoms with Gasteiger partial charge >= 0.3 is 6.01 Å². The zero-order valence-electron chi connectivity index (χ0n) is 9.48. The van der Waals surface area contributed by atoms with Gasteiger partial charge in [-0.25, -0.2) is 13.8 Å². The third-order valence-corrected chi connectivity index (χ3v) is 2.29. The highest BCUT2D eigenvalue weighted by molar-refractivity contribution is 5.40. The summed E-state index contributed by atoms with van der Waals surface area (Å²) < 4.78 is 26.5. The Kier molecular flexibility index (Phi) is 2.68. The predicted octanol–water partition coefficient (Wildman–Crippen LogP) is 1.73. The summed E-state index contributed by atoms with van der Waals surface area (Å²) in [5.74, 6) is -2.32. The zero-order chi connectivity index (χ0) is 12.6. The first-order valence-corrected chi connectivity index (χ1v) is 5.15. The second-order valence-electron chi connectivity index (χ2n) is 4.05. The third-order valence-electron chi connectivity index (χ3n) is 2.29. The van der Waals surface area contributed by atoms with Crippen LogP contribution in [0.1, 0.15) is 24.9 Å².